The summed E-state index contributed by atoms with van der Waals surface area (Å²) in [5.41, 5.74) is 2.54. The number of nitrogens with one attached hydrogen (secondary N) is 3. The summed E-state index contributed by atoms with van der Waals surface area (Å²) in [5, 5.41) is 9.16. The Labute approximate surface area is 200 Å². The van der Waals surface area contributed by atoms with Crippen molar-refractivity contribution in [2.75, 3.05) is 67.2 Å². The van der Waals surface area contributed by atoms with Crippen molar-refractivity contribution >= 4 is 29.6 Å². The van der Waals surface area contributed by atoms with E-state index in [0.717, 1.165) is 17.7 Å². The van der Waals surface area contributed by atoms with Gasteiger partial charge in [0.1, 0.15) is 5.69 Å². The highest BCUT2D eigenvalue weighted by atomic mass is 16.5. The molecular formula is C23H33N9O2. The van der Waals surface area contributed by atoms with E-state index in [1.54, 1.807) is 24.2 Å². The smallest absolute Gasteiger partial charge is 0.322 e. The molecule has 2 amide bonds. The number of hydrogen-bond acceptors (Lipinski definition) is 9. The van der Waals surface area contributed by atoms with Gasteiger partial charge >= 0.3 is 6.03 Å². The summed E-state index contributed by atoms with van der Waals surface area (Å²) in [6, 6.07) is 1.73. The first kappa shape index (κ1) is 24.7. The quantitative estimate of drug-likeness (QED) is 0.453. The minimum atomic E-state index is -0.192. The van der Waals surface area contributed by atoms with E-state index in [9.17, 15) is 4.79 Å². The van der Waals surface area contributed by atoms with Crippen LogP contribution in [0.3, 0.4) is 0 Å². The standard InChI is InChI=1S/C23H33N9O2/c1-6-9-24-20-28-21(25-10-7-2)30-22(29-20)31-11-13-32(14-12-31)23(33)27-18-15-17(8-3)16(4)26-19(18)34-5/h6-7,15H,1-2,8-14H2,3-5H3,(H,27,33)(H2,24,25,28,29,30). The van der Waals surface area contributed by atoms with Crippen LogP contribution in [0.1, 0.15) is 18.2 Å². The Morgan fingerprint density at radius 3 is 2.21 bits per heavy atom. The van der Waals surface area contributed by atoms with Gasteiger partial charge in [-0.3, -0.25) is 0 Å². The molecule has 2 aromatic heterocycles. The summed E-state index contributed by atoms with van der Waals surface area (Å²) in [6.45, 7) is 14.7. The Balaban J connectivity index is 1.67. The Morgan fingerprint density at radius 2 is 1.68 bits per heavy atom. The van der Waals surface area contributed by atoms with Crippen molar-refractivity contribution in [3.63, 3.8) is 0 Å². The summed E-state index contributed by atoms with van der Waals surface area (Å²) in [5.74, 6) is 1.88. The summed E-state index contributed by atoms with van der Waals surface area (Å²) in [7, 11) is 1.55. The van der Waals surface area contributed by atoms with E-state index in [2.05, 4.69) is 56.0 Å². The summed E-state index contributed by atoms with van der Waals surface area (Å²) in [6.07, 6.45) is 4.29. The van der Waals surface area contributed by atoms with Crippen molar-refractivity contribution in [3.05, 3.63) is 42.6 Å². The van der Waals surface area contributed by atoms with Gasteiger partial charge in [0.05, 0.1) is 7.11 Å². The Kier molecular flexibility index (Phi) is 8.60. The first-order valence-corrected chi connectivity index (χ1v) is 11.3. The van der Waals surface area contributed by atoms with Crippen LogP contribution in [0.5, 0.6) is 5.88 Å². The van der Waals surface area contributed by atoms with Gasteiger partial charge in [0, 0.05) is 45.0 Å². The molecule has 1 aliphatic rings. The van der Waals surface area contributed by atoms with Crippen molar-refractivity contribution in [1.82, 2.24) is 24.8 Å². The number of nitrogens with zero attached hydrogens (tertiary/aromatic N) is 6. The first-order chi connectivity index (χ1) is 16.5. The maximum absolute atomic E-state index is 12.9. The maximum atomic E-state index is 12.9. The van der Waals surface area contributed by atoms with Gasteiger partial charge in [0.2, 0.25) is 23.7 Å². The van der Waals surface area contributed by atoms with Crippen LogP contribution in [0.25, 0.3) is 0 Å². The number of carbonyl (C=O) groups excluding carboxylic acids is 1. The molecule has 0 radical (unpaired) electrons. The molecule has 1 saturated heterocycles. The zero-order valence-corrected chi connectivity index (χ0v) is 20.1. The highest BCUT2D eigenvalue weighted by Gasteiger charge is 2.24. The summed E-state index contributed by atoms with van der Waals surface area (Å²) >= 11 is 0. The van der Waals surface area contributed by atoms with Crippen LogP contribution in [0.15, 0.2) is 31.4 Å². The molecule has 11 nitrogen and oxygen atoms in total. The van der Waals surface area contributed by atoms with Gasteiger partial charge in [-0.1, -0.05) is 19.1 Å². The van der Waals surface area contributed by atoms with Crippen LogP contribution < -0.4 is 25.6 Å². The number of rotatable bonds is 10. The Bertz CT molecular complexity index is 989. The molecule has 1 aliphatic heterocycles. The lowest BCUT2D eigenvalue weighted by molar-refractivity contribution is 0.207. The lowest BCUT2D eigenvalue weighted by Crippen LogP contribution is -2.50. The lowest BCUT2D eigenvalue weighted by Gasteiger charge is -2.34. The Morgan fingerprint density at radius 1 is 1.06 bits per heavy atom. The second-order valence-electron chi connectivity index (χ2n) is 7.67. The van der Waals surface area contributed by atoms with Gasteiger partial charge in [-0.15, -0.1) is 13.2 Å². The van der Waals surface area contributed by atoms with Crippen LogP contribution in [0, 0.1) is 6.92 Å². The van der Waals surface area contributed by atoms with Crippen molar-refractivity contribution in [3.8, 4) is 5.88 Å². The molecule has 182 valence electrons. The van der Waals surface area contributed by atoms with E-state index in [-0.39, 0.29) is 6.03 Å². The molecule has 3 N–H and O–H groups in total. The van der Waals surface area contributed by atoms with Gasteiger partial charge in [0.15, 0.2) is 0 Å². The third-order valence-electron chi connectivity index (χ3n) is 5.38. The third kappa shape index (κ3) is 6.12. The number of anilines is 4. The molecule has 0 spiro atoms. The minimum Gasteiger partial charge on any atom is -0.480 e. The number of amides is 2. The van der Waals surface area contributed by atoms with E-state index in [4.69, 9.17) is 4.74 Å². The van der Waals surface area contributed by atoms with Crippen LogP contribution in [-0.2, 0) is 6.42 Å². The number of urea groups is 1. The van der Waals surface area contributed by atoms with E-state index < -0.39 is 0 Å². The fraction of sp³-hybridized carbons (Fsp3) is 0.435. The monoisotopic (exact) mass is 467 g/mol. The van der Waals surface area contributed by atoms with E-state index in [0.29, 0.717) is 68.7 Å². The molecule has 1 fully saturated rings. The van der Waals surface area contributed by atoms with Crippen LogP contribution in [0.4, 0.5) is 28.3 Å². The predicted molar refractivity (Wildman–Crippen MR) is 135 cm³/mol. The average Bonchev–Trinajstić information content (AvgIpc) is 2.86. The summed E-state index contributed by atoms with van der Waals surface area (Å²) in [4.78, 5) is 34.6. The molecule has 0 atom stereocenters. The number of aryl methyl sites for hydroxylation is 2. The number of aromatic nitrogens is 4. The van der Waals surface area contributed by atoms with Crippen molar-refractivity contribution in [2.24, 2.45) is 0 Å². The molecule has 0 unspecified atom stereocenters. The highest BCUT2D eigenvalue weighted by molar-refractivity contribution is 5.91. The molecule has 34 heavy (non-hydrogen) atoms. The van der Waals surface area contributed by atoms with Gasteiger partial charge in [-0.25, -0.2) is 9.78 Å². The molecule has 3 heterocycles. The highest BCUT2D eigenvalue weighted by Crippen LogP contribution is 2.26. The fourth-order valence-electron chi connectivity index (χ4n) is 3.52. The molecule has 2 aromatic rings. The summed E-state index contributed by atoms with van der Waals surface area (Å²) < 4.78 is 5.37. The number of pyridine rings is 1. The predicted octanol–water partition coefficient (Wildman–Crippen LogP) is 2.70. The van der Waals surface area contributed by atoms with Gasteiger partial charge in [-0.05, 0) is 25.0 Å². The molecule has 0 aromatic carbocycles. The second-order valence-corrected chi connectivity index (χ2v) is 7.67. The molecule has 0 aliphatic carbocycles. The van der Waals surface area contributed by atoms with Crippen molar-refractivity contribution in [2.45, 2.75) is 20.3 Å². The number of ether oxygens (including phenoxy) is 1. The van der Waals surface area contributed by atoms with E-state index in [1.165, 1.54) is 0 Å². The maximum Gasteiger partial charge on any atom is 0.322 e. The van der Waals surface area contributed by atoms with Crippen LogP contribution >= 0.6 is 0 Å². The zero-order valence-electron chi connectivity index (χ0n) is 20.1. The average molecular weight is 468 g/mol. The second kappa shape index (κ2) is 11.8. The molecule has 0 bridgehead atoms. The molecule has 0 saturated carbocycles. The number of carbonyl (C=O) groups is 1. The van der Waals surface area contributed by atoms with Crippen LogP contribution in [-0.4, -0.2) is 77.2 Å². The minimum absolute atomic E-state index is 0.192. The first-order valence-electron chi connectivity index (χ1n) is 11.3. The largest absolute Gasteiger partial charge is 0.480 e. The molecule has 11 heteroatoms. The van der Waals surface area contributed by atoms with Gasteiger partial charge in [-0.2, -0.15) is 15.0 Å². The SMILES string of the molecule is C=CCNc1nc(NCC=C)nc(N2CCN(C(=O)Nc3cc(CC)c(C)nc3OC)CC2)n1. The topological polar surface area (TPSA) is 120 Å². The van der Waals surface area contributed by atoms with Gasteiger partial charge in [0.25, 0.3) is 0 Å². The number of piperazine rings is 1. The van der Waals surface area contributed by atoms with Crippen LogP contribution in [0.2, 0.25) is 0 Å². The normalized spacial score (nSPS) is 13.3. The third-order valence-corrected chi connectivity index (χ3v) is 5.38. The number of hydrogen-bond donors (Lipinski definition) is 3. The lowest BCUT2D eigenvalue weighted by atomic mass is 10.1. The van der Waals surface area contributed by atoms with Crippen molar-refractivity contribution < 1.29 is 9.53 Å². The van der Waals surface area contributed by atoms with E-state index in [1.807, 2.05) is 17.9 Å². The molecule has 3 rings (SSSR count). The Hall–Kier alpha value is -3.89. The van der Waals surface area contributed by atoms with E-state index >= 15 is 0 Å². The van der Waals surface area contributed by atoms with Crippen molar-refractivity contribution in [1.29, 1.82) is 0 Å². The number of methoxy groups -OCH3 is 1. The molecular weight excluding hydrogens is 434 g/mol. The fourth-order valence-corrected chi connectivity index (χ4v) is 3.52. The zero-order chi connectivity index (χ0) is 24.5. The van der Waals surface area contributed by atoms with Gasteiger partial charge < -0.3 is 30.5 Å².